The number of fused-ring (bicyclic) bond motifs is 1. The number of hydrogen-bond acceptors (Lipinski definition) is 4. The van der Waals surface area contributed by atoms with Crippen molar-refractivity contribution in [2.45, 2.75) is 19.4 Å². The highest BCUT2D eigenvalue weighted by Crippen LogP contribution is 2.27. The molecular formula is C30H30ClF2N5O. The van der Waals surface area contributed by atoms with Gasteiger partial charge in [-0.05, 0) is 80.5 Å². The number of imidazole rings is 1. The zero-order valence-electron chi connectivity index (χ0n) is 21.6. The zero-order chi connectivity index (χ0) is 26.9. The Bertz CT molecular complexity index is 1470. The number of para-hydroxylation sites is 2. The molecule has 6 rings (SSSR count). The molecule has 0 N–H and O–H groups in total. The number of halogens is 3. The summed E-state index contributed by atoms with van der Waals surface area (Å²) in [7, 11) is 0. The molecule has 0 bridgehead atoms. The molecule has 0 radical (unpaired) electrons. The van der Waals surface area contributed by atoms with Crippen molar-refractivity contribution in [2.75, 3.05) is 44.2 Å². The van der Waals surface area contributed by atoms with Crippen molar-refractivity contribution in [1.29, 1.82) is 0 Å². The molecule has 2 fully saturated rings. The molecule has 4 aromatic rings. The van der Waals surface area contributed by atoms with E-state index in [1.165, 1.54) is 18.2 Å². The van der Waals surface area contributed by atoms with E-state index in [9.17, 15) is 13.6 Å². The van der Waals surface area contributed by atoms with Crippen LogP contribution in [0, 0.1) is 17.6 Å². The van der Waals surface area contributed by atoms with Crippen LogP contribution < -0.4 is 4.90 Å². The Kier molecular flexibility index (Phi) is 7.23. The van der Waals surface area contributed by atoms with E-state index in [0.29, 0.717) is 32.7 Å². The van der Waals surface area contributed by atoms with Gasteiger partial charge in [0.15, 0.2) is 0 Å². The lowest BCUT2D eigenvalue weighted by molar-refractivity contribution is -0.137. The standard InChI is InChI=1S/C30H30ClF2N5O/c31-25-19-24(9-10-26(25)33)36-15-17-37(18-16-36)30(39)21-11-13-35(14-12-21)20-29-34-27-3-1-2-4-28(27)38(29)23-7-5-22(32)6-8-23/h1-10,19,21H,11-18,20H2. The minimum Gasteiger partial charge on any atom is -0.368 e. The predicted octanol–water partition coefficient (Wildman–Crippen LogP) is 5.52. The number of likely N-dealkylation sites (tertiary alicyclic amines) is 1. The lowest BCUT2D eigenvalue weighted by Gasteiger charge is -2.39. The minimum absolute atomic E-state index is 0.0176. The molecular weight excluding hydrogens is 520 g/mol. The third-order valence-corrected chi connectivity index (χ3v) is 8.17. The van der Waals surface area contributed by atoms with Gasteiger partial charge >= 0.3 is 0 Å². The molecule has 0 spiro atoms. The molecule has 39 heavy (non-hydrogen) atoms. The van der Waals surface area contributed by atoms with Crippen LogP contribution in [0.15, 0.2) is 66.7 Å². The van der Waals surface area contributed by atoms with Crippen LogP contribution in [0.2, 0.25) is 5.02 Å². The molecule has 1 aromatic heterocycles. The summed E-state index contributed by atoms with van der Waals surface area (Å²) in [5.41, 5.74) is 3.66. The van der Waals surface area contributed by atoms with Crippen molar-refractivity contribution in [3.8, 4) is 5.69 Å². The lowest BCUT2D eigenvalue weighted by Crippen LogP contribution is -2.51. The van der Waals surface area contributed by atoms with Crippen molar-refractivity contribution in [3.63, 3.8) is 0 Å². The van der Waals surface area contributed by atoms with E-state index in [-0.39, 0.29) is 22.7 Å². The van der Waals surface area contributed by atoms with E-state index in [1.807, 2.05) is 29.2 Å². The molecule has 9 heteroatoms. The summed E-state index contributed by atoms with van der Waals surface area (Å²) in [6.07, 6.45) is 1.62. The van der Waals surface area contributed by atoms with Gasteiger partial charge in [0, 0.05) is 43.5 Å². The van der Waals surface area contributed by atoms with Crippen molar-refractivity contribution in [2.24, 2.45) is 5.92 Å². The largest absolute Gasteiger partial charge is 0.368 e. The molecule has 202 valence electrons. The monoisotopic (exact) mass is 549 g/mol. The van der Waals surface area contributed by atoms with Crippen LogP contribution in [-0.4, -0.2) is 64.5 Å². The fourth-order valence-electron chi connectivity index (χ4n) is 5.72. The Morgan fingerprint density at radius 2 is 1.56 bits per heavy atom. The fourth-order valence-corrected chi connectivity index (χ4v) is 5.90. The molecule has 0 saturated carbocycles. The number of rotatable bonds is 5. The molecule has 2 aliphatic rings. The Labute approximate surface area is 231 Å². The summed E-state index contributed by atoms with van der Waals surface area (Å²) >= 11 is 5.95. The molecule has 0 unspecified atom stereocenters. The maximum atomic E-state index is 13.6. The Balaban J connectivity index is 1.07. The number of piperidine rings is 1. The molecule has 0 atom stereocenters. The van der Waals surface area contributed by atoms with Crippen LogP contribution in [0.25, 0.3) is 16.7 Å². The summed E-state index contributed by atoms with van der Waals surface area (Å²) in [5, 5.41) is 0.117. The van der Waals surface area contributed by atoms with E-state index in [1.54, 1.807) is 24.3 Å². The van der Waals surface area contributed by atoms with E-state index in [4.69, 9.17) is 16.6 Å². The second kappa shape index (κ2) is 10.9. The van der Waals surface area contributed by atoms with E-state index < -0.39 is 5.82 Å². The summed E-state index contributed by atoms with van der Waals surface area (Å²) in [6.45, 7) is 4.99. The Hall–Kier alpha value is -3.49. The van der Waals surface area contributed by atoms with Crippen LogP contribution in [0.1, 0.15) is 18.7 Å². The Morgan fingerprint density at radius 1 is 0.872 bits per heavy atom. The smallest absolute Gasteiger partial charge is 0.225 e. The highest BCUT2D eigenvalue weighted by molar-refractivity contribution is 6.31. The molecule has 3 aromatic carbocycles. The van der Waals surface area contributed by atoms with E-state index in [2.05, 4.69) is 14.4 Å². The molecule has 3 heterocycles. The predicted molar refractivity (Wildman–Crippen MR) is 149 cm³/mol. The summed E-state index contributed by atoms with van der Waals surface area (Å²) < 4.78 is 29.2. The summed E-state index contributed by atoms with van der Waals surface area (Å²) in [4.78, 5) is 24.7. The number of anilines is 1. The number of nitrogens with zero attached hydrogens (tertiary/aromatic N) is 5. The van der Waals surface area contributed by atoms with Gasteiger partial charge in [0.2, 0.25) is 5.91 Å². The number of carbonyl (C=O) groups excluding carboxylic acids is 1. The highest BCUT2D eigenvalue weighted by Gasteiger charge is 2.31. The first kappa shape index (κ1) is 25.8. The zero-order valence-corrected chi connectivity index (χ0v) is 22.3. The quantitative estimate of drug-likeness (QED) is 0.329. The third kappa shape index (κ3) is 5.36. The van der Waals surface area contributed by atoms with Gasteiger partial charge in [0.25, 0.3) is 0 Å². The van der Waals surface area contributed by atoms with Crippen molar-refractivity contribution in [3.05, 3.63) is 89.2 Å². The van der Waals surface area contributed by atoms with Gasteiger partial charge in [-0.25, -0.2) is 13.8 Å². The van der Waals surface area contributed by atoms with Crippen molar-refractivity contribution in [1.82, 2.24) is 19.4 Å². The van der Waals surface area contributed by atoms with Crippen LogP contribution in [0.5, 0.6) is 0 Å². The maximum Gasteiger partial charge on any atom is 0.225 e. The van der Waals surface area contributed by atoms with Gasteiger partial charge in [-0.15, -0.1) is 0 Å². The highest BCUT2D eigenvalue weighted by atomic mass is 35.5. The Morgan fingerprint density at radius 3 is 2.28 bits per heavy atom. The SMILES string of the molecule is O=C(C1CCN(Cc2nc3ccccc3n2-c2ccc(F)cc2)CC1)N1CCN(c2ccc(F)c(Cl)c2)CC1. The number of benzene rings is 3. The number of carbonyl (C=O) groups is 1. The molecule has 6 nitrogen and oxygen atoms in total. The van der Waals surface area contributed by atoms with Gasteiger partial charge in [-0.1, -0.05) is 23.7 Å². The summed E-state index contributed by atoms with van der Waals surface area (Å²) in [6, 6.07) is 19.3. The minimum atomic E-state index is -0.423. The first-order chi connectivity index (χ1) is 19.0. The van der Waals surface area contributed by atoms with E-state index >= 15 is 0 Å². The normalized spacial score (nSPS) is 17.2. The molecule has 2 aliphatic heterocycles. The molecule has 0 aliphatic carbocycles. The van der Waals surface area contributed by atoms with Crippen molar-refractivity contribution >= 4 is 34.2 Å². The van der Waals surface area contributed by atoms with Gasteiger partial charge < -0.3 is 9.80 Å². The fraction of sp³-hybridized carbons (Fsp3) is 0.333. The number of amides is 1. The third-order valence-electron chi connectivity index (χ3n) is 7.88. The second-order valence-electron chi connectivity index (χ2n) is 10.3. The average molecular weight is 550 g/mol. The van der Waals surface area contributed by atoms with Gasteiger partial charge in [0.1, 0.15) is 17.5 Å². The van der Waals surface area contributed by atoms with Gasteiger partial charge in [-0.3, -0.25) is 14.3 Å². The topological polar surface area (TPSA) is 44.6 Å². The first-order valence-corrected chi connectivity index (χ1v) is 13.8. The van der Waals surface area contributed by atoms with Crippen LogP contribution >= 0.6 is 11.6 Å². The van der Waals surface area contributed by atoms with Crippen LogP contribution in [0.3, 0.4) is 0 Å². The van der Waals surface area contributed by atoms with Crippen LogP contribution in [-0.2, 0) is 11.3 Å². The van der Waals surface area contributed by atoms with Crippen LogP contribution in [0.4, 0.5) is 14.5 Å². The molecule has 2 saturated heterocycles. The lowest BCUT2D eigenvalue weighted by atomic mass is 9.95. The van der Waals surface area contributed by atoms with Gasteiger partial charge in [0.05, 0.1) is 22.6 Å². The first-order valence-electron chi connectivity index (χ1n) is 13.4. The van der Waals surface area contributed by atoms with Crippen molar-refractivity contribution < 1.29 is 13.6 Å². The van der Waals surface area contributed by atoms with E-state index in [0.717, 1.165) is 54.2 Å². The maximum absolute atomic E-state index is 13.6. The number of aromatic nitrogens is 2. The second-order valence-corrected chi connectivity index (χ2v) is 10.7. The summed E-state index contributed by atoms with van der Waals surface area (Å²) in [5.74, 6) is 0.463. The molecule has 1 amide bonds. The average Bonchev–Trinajstić information content (AvgIpc) is 3.33. The number of hydrogen-bond donors (Lipinski definition) is 0. The number of piperazine rings is 1. The van der Waals surface area contributed by atoms with Gasteiger partial charge in [-0.2, -0.15) is 0 Å².